The first-order valence-electron chi connectivity index (χ1n) is 8.63. The summed E-state index contributed by atoms with van der Waals surface area (Å²) in [7, 11) is 0. The van der Waals surface area contributed by atoms with Gasteiger partial charge < -0.3 is 10.1 Å². The number of H-pyrrole nitrogens is 1. The third kappa shape index (κ3) is 3.44. The van der Waals surface area contributed by atoms with Gasteiger partial charge in [0.05, 0.1) is 17.6 Å². The fourth-order valence-corrected chi connectivity index (χ4v) is 3.12. The van der Waals surface area contributed by atoms with Crippen molar-refractivity contribution in [1.82, 2.24) is 15.5 Å². The van der Waals surface area contributed by atoms with Crippen LogP contribution >= 0.6 is 0 Å². The van der Waals surface area contributed by atoms with Gasteiger partial charge in [-0.05, 0) is 30.5 Å². The zero-order valence-electron chi connectivity index (χ0n) is 14.1. The van der Waals surface area contributed by atoms with Gasteiger partial charge in [-0.15, -0.1) is 0 Å². The van der Waals surface area contributed by atoms with Crippen molar-refractivity contribution in [2.75, 3.05) is 0 Å². The number of nitrogens with one attached hydrogen (secondary N) is 2. The maximum Gasteiger partial charge on any atom is 0.309 e. The highest BCUT2D eigenvalue weighted by atomic mass is 16.5. The Morgan fingerprint density at radius 2 is 1.96 bits per heavy atom. The van der Waals surface area contributed by atoms with Crippen LogP contribution in [0.4, 0.5) is 0 Å². The minimum absolute atomic E-state index is 0.00855. The lowest BCUT2D eigenvalue weighted by Crippen LogP contribution is -2.47. The third-order valence-corrected chi connectivity index (χ3v) is 4.73. The van der Waals surface area contributed by atoms with E-state index in [1.807, 2.05) is 36.4 Å². The molecule has 2 N–H and O–H groups in total. The predicted octanol–water partition coefficient (Wildman–Crippen LogP) is 2.81. The maximum atomic E-state index is 12.3. The van der Waals surface area contributed by atoms with E-state index in [-0.39, 0.29) is 30.4 Å². The number of esters is 1. The Kier molecular flexibility index (Phi) is 4.39. The van der Waals surface area contributed by atoms with Crippen LogP contribution in [0, 0.1) is 5.92 Å². The highest BCUT2D eigenvalue weighted by Gasteiger charge is 2.36. The number of aromatic nitrogens is 2. The lowest BCUT2D eigenvalue weighted by molar-refractivity contribution is -0.153. The molecule has 0 bridgehead atoms. The monoisotopic (exact) mass is 349 g/mol. The van der Waals surface area contributed by atoms with Crippen LogP contribution in [-0.2, 0) is 16.1 Å². The molecule has 6 nitrogen and oxygen atoms in total. The zero-order valence-corrected chi connectivity index (χ0v) is 14.1. The number of ether oxygens (including phenoxy) is 1. The summed E-state index contributed by atoms with van der Waals surface area (Å²) in [4.78, 5) is 24.4. The molecule has 1 amide bonds. The summed E-state index contributed by atoms with van der Waals surface area (Å²) in [6.45, 7) is 0.289. The number of hydrogen-bond donors (Lipinski definition) is 2. The summed E-state index contributed by atoms with van der Waals surface area (Å²) in [5, 5.41) is 10.7. The molecule has 1 aromatic heterocycles. The standard InChI is InChI=1S/C20H19N3O3/c24-19(14-6-7-15-11-21-23-18(15)10-14)22-17-8-16(9-17)20(25)26-12-13-4-2-1-3-5-13/h1-7,10-11,16-17H,8-9,12H2,(H,21,23)(H,22,24). The van der Waals surface area contributed by atoms with Crippen LogP contribution in [0.2, 0.25) is 0 Å². The second-order valence-corrected chi connectivity index (χ2v) is 6.60. The minimum Gasteiger partial charge on any atom is -0.461 e. The molecule has 3 aromatic rings. The van der Waals surface area contributed by atoms with Crippen LogP contribution in [-0.4, -0.2) is 28.1 Å². The molecule has 0 unspecified atom stereocenters. The van der Waals surface area contributed by atoms with Gasteiger partial charge in [-0.2, -0.15) is 5.10 Å². The van der Waals surface area contributed by atoms with Crippen molar-refractivity contribution in [2.45, 2.75) is 25.5 Å². The molecular formula is C20H19N3O3. The largest absolute Gasteiger partial charge is 0.461 e. The van der Waals surface area contributed by atoms with Crippen LogP contribution in [0.1, 0.15) is 28.8 Å². The Morgan fingerprint density at radius 1 is 1.15 bits per heavy atom. The molecule has 0 atom stereocenters. The van der Waals surface area contributed by atoms with Crippen molar-refractivity contribution in [1.29, 1.82) is 0 Å². The zero-order chi connectivity index (χ0) is 17.9. The van der Waals surface area contributed by atoms with Gasteiger partial charge in [0.2, 0.25) is 0 Å². The van der Waals surface area contributed by atoms with E-state index in [1.165, 1.54) is 0 Å². The molecule has 1 saturated carbocycles. The first-order chi connectivity index (χ1) is 12.7. The van der Waals surface area contributed by atoms with Crippen LogP contribution < -0.4 is 5.32 Å². The Labute approximate surface area is 150 Å². The van der Waals surface area contributed by atoms with Crippen LogP contribution in [0.25, 0.3) is 10.9 Å². The summed E-state index contributed by atoms with van der Waals surface area (Å²) in [6.07, 6.45) is 2.95. The quantitative estimate of drug-likeness (QED) is 0.694. The summed E-state index contributed by atoms with van der Waals surface area (Å²) < 4.78 is 5.35. The highest BCUT2D eigenvalue weighted by Crippen LogP contribution is 2.29. The van der Waals surface area contributed by atoms with E-state index in [2.05, 4.69) is 15.5 Å². The van der Waals surface area contributed by atoms with Gasteiger partial charge in [-0.3, -0.25) is 14.7 Å². The van der Waals surface area contributed by atoms with E-state index in [0.29, 0.717) is 18.4 Å². The number of amides is 1. The smallest absolute Gasteiger partial charge is 0.309 e. The topological polar surface area (TPSA) is 84.1 Å². The molecule has 0 saturated heterocycles. The maximum absolute atomic E-state index is 12.3. The molecule has 132 valence electrons. The molecule has 4 rings (SSSR count). The van der Waals surface area contributed by atoms with Crippen molar-refractivity contribution in [3.05, 3.63) is 65.9 Å². The number of hydrogen-bond acceptors (Lipinski definition) is 4. The number of carbonyl (C=O) groups is 2. The normalized spacial score (nSPS) is 18.9. The summed E-state index contributed by atoms with van der Waals surface area (Å²) in [5.41, 5.74) is 2.38. The highest BCUT2D eigenvalue weighted by molar-refractivity contribution is 5.98. The minimum atomic E-state index is -0.196. The molecule has 26 heavy (non-hydrogen) atoms. The van der Waals surface area contributed by atoms with Gasteiger partial charge in [0, 0.05) is 17.0 Å². The Hall–Kier alpha value is -3.15. The number of nitrogens with zero attached hydrogens (tertiary/aromatic N) is 1. The molecule has 1 fully saturated rings. The Balaban J connectivity index is 1.25. The third-order valence-electron chi connectivity index (χ3n) is 4.73. The van der Waals surface area contributed by atoms with E-state index < -0.39 is 0 Å². The second-order valence-electron chi connectivity index (χ2n) is 6.60. The van der Waals surface area contributed by atoms with Gasteiger partial charge in [0.1, 0.15) is 6.61 Å². The predicted molar refractivity (Wildman–Crippen MR) is 96.3 cm³/mol. The van der Waals surface area contributed by atoms with Gasteiger partial charge in [0.15, 0.2) is 0 Å². The molecule has 0 aliphatic heterocycles. The number of fused-ring (bicyclic) bond motifs is 1. The number of carbonyl (C=O) groups excluding carboxylic acids is 2. The Bertz CT molecular complexity index is 930. The number of rotatable bonds is 5. The van der Waals surface area contributed by atoms with E-state index in [0.717, 1.165) is 16.5 Å². The fraction of sp³-hybridized carbons (Fsp3) is 0.250. The van der Waals surface area contributed by atoms with E-state index in [4.69, 9.17) is 4.74 Å². The molecule has 6 heteroatoms. The van der Waals surface area contributed by atoms with E-state index >= 15 is 0 Å². The van der Waals surface area contributed by atoms with Gasteiger partial charge >= 0.3 is 5.97 Å². The molecule has 2 aromatic carbocycles. The first kappa shape index (κ1) is 16.3. The van der Waals surface area contributed by atoms with Gasteiger partial charge in [-0.1, -0.05) is 36.4 Å². The molecule has 1 aliphatic rings. The van der Waals surface area contributed by atoms with Crippen LogP contribution in [0.15, 0.2) is 54.7 Å². The molecule has 0 spiro atoms. The molecule has 0 radical (unpaired) electrons. The van der Waals surface area contributed by atoms with E-state index in [1.54, 1.807) is 18.3 Å². The first-order valence-corrected chi connectivity index (χ1v) is 8.63. The second kappa shape index (κ2) is 7.00. The molecular weight excluding hydrogens is 330 g/mol. The summed E-state index contributed by atoms with van der Waals surface area (Å²) in [6, 6.07) is 15.0. The van der Waals surface area contributed by atoms with Crippen LogP contribution in [0.3, 0.4) is 0 Å². The van der Waals surface area contributed by atoms with Crippen LogP contribution in [0.5, 0.6) is 0 Å². The molecule has 1 heterocycles. The lowest BCUT2D eigenvalue weighted by Gasteiger charge is -2.34. The van der Waals surface area contributed by atoms with Gasteiger partial charge in [0.25, 0.3) is 5.91 Å². The average molecular weight is 349 g/mol. The van der Waals surface area contributed by atoms with Crippen molar-refractivity contribution in [3.63, 3.8) is 0 Å². The lowest BCUT2D eigenvalue weighted by atomic mass is 9.80. The van der Waals surface area contributed by atoms with Crippen molar-refractivity contribution >= 4 is 22.8 Å². The fourth-order valence-electron chi connectivity index (χ4n) is 3.12. The van der Waals surface area contributed by atoms with Crippen molar-refractivity contribution in [2.24, 2.45) is 5.92 Å². The SMILES string of the molecule is O=C(NC1CC(C(=O)OCc2ccccc2)C1)c1ccc2cn[nH]c2c1. The van der Waals surface area contributed by atoms with Crippen molar-refractivity contribution < 1.29 is 14.3 Å². The summed E-state index contributed by atoms with van der Waals surface area (Å²) >= 11 is 0. The number of benzene rings is 2. The average Bonchev–Trinajstić information content (AvgIpc) is 3.10. The Morgan fingerprint density at radius 3 is 2.77 bits per heavy atom. The molecule has 1 aliphatic carbocycles. The van der Waals surface area contributed by atoms with Gasteiger partial charge in [-0.25, -0.2) is 0 Å². The summed E-state index contributed by atoms with van der Waals surface area (Å²) in [5.74, 6) is -0.472. The van der Waals surface area contributed by atoms with Crippen molar-refractivity contribution in [3.8, 4) is 0 Å². The van der Waals surface area contributed by atoms with E-state index in [9.17, 15) is 9.59 Å². The number of aromatic amines is 1.